The summed E-state index contributed by atoms with van der Waals surface area (Å²) in [5.41, 5.74) is 2.56. The monoisotopic (exact) mass is 301 g/mol. The number of benzene rings is 1. The van der Waals surface area contributed by atoms with Crippen molar-refractivity contribution in [3.8, 4) is 11.5 Å². The fourth-order valence-electron chi connectivity index (χ4n) is 4.98. The minimum Gasteiger partial charge on any atom is -0.493 e. The van der Waals surface area contributed by atoms with Gasteiger partial charge < -0.3 is 9.47 Å². The van der Waals surface area contributed by atoms with E-state index in [2.05, 4.69) is 17.0 Å². The van der Waals surface area contributed by atoms with Gasteiger partial charge >= 0.3 is 0 Å². The van der Waals surface area contributed by atoms with Crippen molar-refractivity contribution in [3.63, 3.8) is 0 Å². The number of ether oxygens (including phenoxy) is 2. The topological polar surface area (TPSA) is 38.8 Å². The number of piperidine rings is 1. The molecule has 118 valence electrons. The summed E-state index contributed by atoms with van der Waals surface area (Å²) in [5, 5.41) is 0. The zero-order valence-corrected chi connectivity index (χ0v) is 13.4. The number of carbonyl (C=O) groups excluding carboxylic acids is 1. The molecule has 0 unspecified atom stereocenters. The largest absolute Gasteiger partial charge is 0.493 e. The van der Waals surface area contributed by atoms with E-state index in [0.29, 0.717) is 18.1 Å². The fraction of sp³-hybridized carbons (Fsp3) is 0.611. The van der Waals surface area contributed by atoms with Crippen LogP contribution in [0, 0.1) is 5.92 Å². The van der Waals surface area contributed by atoms with E-state index in [1.807, 2.05) is 0 Å². The summed E-state index contributed by atoms with van der Waals surface area (Å²) in [6.07, 6.45) is 4.81. The average Bonchev–Trinajstić information content (AvgIpc) is 2.88. The van der Waals surface area contributed by atoms with E-state index in [4.69, 9.17) is 9.47 Å². The molecule has 22 heavy (non-hydrogen) atoms. The summed E-state index contributed by atoms with van der Waals surface area (Å²) in [5.74, 6) is 2.45. The first kappa shape index (κ1) is 14.1. The Kier molecular flexibility index (Phi) is 3.19. The van der Waals surface area contributed by atoms with Gasteiger partial charge in [0.25, 0.3) is 0 Å². The van der Waals surface area contributed by atoms with E-state index in [-0.39, 0.29) is 5.54 Å². The first-order valence-electron chi connectivity index (χ1n) is 8.21. The molecule has 1 aromatic rings. The zero-order chi connectivity index (χ0) is 15.3. The first-order chi connectivity index (χ1) is 10.7. The molecule has 4 rings (SSSR count). The van der Waals surface area contributed by atoms with E-state index in [1.165, 1.54) is 17.5 Å². The highest BCUT2D eigenvalue weighted by atomic mass is 16.5. The Hall–Kier alpha value is -1.55. The highest BCUT2D eigenvalue weighted by Crippen LogP contribution is 2.55. The third-order valence-electron chi connectivity index (χ3n) is 5.89. The van der Waals surface area contributed by atoms with Crippen LogP contribution in [-0.2, 0) is 16.8 Å². The molecule has 0 amide bonds. The van der Waals surface area contributed by atoms with Crippen LogP contribution in [0.4, 0.5) is 0 Å². The summed E-state index contributed by atoms with van der Waals surface area (Å²) in [7, 11) is 3.36. The van der Waals surface area contributed by atoms with Gasteiger partial charge in [-0.15, -0.1) is 0 Å². The second kappa shape index (κ2) is 4.98. The molecule has 2 heterocycles. The van der Waals surface area contributed by atoms with E-state index in [1.54, 1.807) is 14.2 Å². The fourth-order valence-corrected chi connectivity index (χ4v) is 4.98. The zero-order valence-electron chi connectivity index (χ0n) is 13.4. The van der Waals surface area contributed by atoms with Crippen molar-refractivity contribution in [3.05, 3.63) is 23.3 Å². The number of carbonyl (C=O) groups is 1. The molecule has 4 heteroatoms. The van der Waals surface area contributed by atoms with Gasteiger partial charge in [-0.05, 0) is 55.0 Å². The van der Waals surface area contributed by atoms with Crippen LogP contribution >= 0.6 is 0 Å². The average molecular weight is 301 g/mol. The minimum absolute atomic E-state index is 0.0809. The highest BCUT2D eigenvalue weighted by Gasteiger charge is 2.55. The Labute approximate surface area is 131 Å². The smallest absolute Gasteiger partial charge is 0.161 e. The SMILES string of the molecule is COc1cc2c(cc1OC)[C@@]13CC(=O)C[C@@H]1CCCN3CC2. The van der Waals surface area contributed by atoms with Gasteiger partial charge in [0, 0.05) is 19.4 Å². The molecule has 0 N–H and O–H groups in total. The number of hydrogen-bond acceptors (Lipinski definition) is 4. The molecule has 0 bridgehead atoms. The van der Waals surface area contributed by atoms with Crippen molar-refractivity contribution in [2.75, 3.05) is 27.3 Å². The van der Waals surface area contributed by atoms with Crippen molar-refractivity contribution >= 4 is 5.78 Å². The quantitative estimate of drug-likeness (QED) is 0.841. The van der Waals surface area contributed by atoms with E-state index >= 15 is 0 Å². The Morgan fingerprint density at radius 2 is 1.95 bits per heavy atom. The van der Waals surface area contributed by atoms with Gasteiger partial charge in [0.1, 0.15) is 5.78 Å². The third-order valence-corrected chi connectivity index (χ3v) is 5.89. The standard InChI is InChI=1S/C18H23NO3/c1-21-16-8-12-5-7-19-6-3-4-13-9-14(20)11-18(13,19)15(12)10-17(16)22-2/h8,10,13H,3-7,9,11H2,1-2H3/t13-,18+/m0/s1. The van der Waals surface area contributed by atoms with Gasteiger partial charge in [-0.25, -0.2) is 0 Å². The van der Waals surface area contributed by atoms with Gasteiger partial charge in [0.2, 0.25) is 0 Å². The highest BCUT2D eigenvalue weighted by molar-refractivity contribution is 5.84. The maximum Gasteiger partial charge on any atom is 0.161 e. The summed E-state index contributed by atoms with van der Waals surface area (Å²) >= 11 is 0. The van der Waals surface area contributed by atoms with Crippen molar-refractivity contribution in [1.29, 1.82) is 0 Å². The molecule has 1 aromatic carbocycles. The van der Waals surface area contributed by atoms with E-state index in [0.717, 1.165) is 43.9 Å². The molecule has 1 saturated heterocycles. The summed E-state index contributed by atoms with van der Waals surface area (Å²) in [4.78, 5) is 14.8. The van der Waals surface area contributed by atoms with E-state index in [9.17, 15) is 4.79 Å². The molecule has 3 aliphatic rings. The molecule has 2 aliphatic heterocycles. The van der Waals surface area contributed by atoms with Gasteiger partial charge in [-0.3, -0.25) is 9.69 Å². The predicted molar refractivity (Wildman–Crippen MR) is 83.5 cm³/mol. The Bertz CT molecular complexity index is 627. The number of methoxy groups -OCH3 is 2. The second-order valence-corrected chi connectivity index (χ2v) is 6.78. The van der Waals surface area contributed by atoms with Gasteiger partial charge in [0.15, 0.2) is 11.5 Å². The number of rotatable bonds is 2. The Morgan fingerprint density at radius 3 is 2.73 bits per heavy atom. The molecular formula is C18H23NO3. The number of Topliss-reactive ketones (excluding diaryl/α,β-unsaturated/α-hetero) is 1. The molecule has 2 fully saturated rings. The second-order valence-electron chi connectivity index (χ2n) is 6.78. The van der Waals surface area contributed by atoms with Crippen LogP contribution in [-0.4, -0.2) is 38.0 Å². The summed E-state index contributed by atoms with van der Waals surface area (Å²) in [6.45, 7) is 2.16. The van der Waals surface area contributed by atoms with Crippen molar-refractivity contribution in [2.45, 2.75) is 37.6 Å². The van der Waals surface area contributed by atoms with Crippen LogP contribution in [0.5, 0.6) is 11.5 Å². The van der Waals surface area contributed by atoms with E-state index < -0.39 is 0 Å². The lowest BCUT2D eigenvalue weighted by atomic mass is 9.70. The summed E-state index contributed by atoms with van der Waals surface area (Å²) in [6, 6.07) is 4.26. The van der Waals surface area contributed by atoms with Crippen LogP contribution in [0.2, 0.25) is 0 Å². The summed E-state index contributed by atoms with van der Waals surface area (Å²) < 4.78 is 11.0. The number of hydrogen-bond donors (Lipinski definition) is 0. The molecule has 1 spiro atoms. The predicted octanol–water partition coefficient (Wildman–Crippen LogP) is 2.53. The van der Waals surface area contributed by atoms with Crippen LogP contribution < -0.4 is 9.47 Å². The third kappa shape index (κ3) is 1.76. The number of fused-ring (bicyclic) bond motifs is 1. The van der Waals surface area contributed by atoms with Crippen LogP contribution in [0.25, 0.3) is 0 Å². The van der Waals surface area contributed by atoms with Crippen molar-refractivity contribution in [2.24, 2.45) is 5.92 Å². The lowest BCUT2D eigenvalue weighted by Crippen LogP contribution is -2.55. The van der Waals surface area contributed by atoms with Gasteiger partial charge in [-0.1, -0.05) is 0 Å². The van der Waals surface area contributed by atoms with Crippen LogP contribution in [0.15, 0.2) is 12.1 Å². The molecule has 2 atom stereocenters. The first-order valence-corrected chi connectivity index (χ1v) is 8.21. The lowest BCUT2D eigenvalue weighted by Gasteiger charge is -2.52. The van der Waals surface area contributed by atoms with Gasteiger partial charge in [0.05, 0.1) is 19.8 Å². The number of nitrogens with zero attached hydrogens (tertiary/aromatic N) is 1. The molecule has 0 aromatic heterocycles. The Morgan fingerprint density at radius 1 is 1.18 bits per heavy atom. The Balaban J connectivity index is 1.91. The maximum absolute atomic E-state index is 12.3. The minimum atomic E-state index is -0.0809. The van der Waals surface area contributed by atoms with Crippen LogP contribution in [0.1, 0.15) is 36.8 Å². The molecule has 1 aliphatic carbocycles. The van der Waals surface area contributed by atoms with Crippen LogP contribution in [0.3, 0.4) is 0 Å². The van der Waals surface area contributed by atoms with Crippen molar-refractivity contribution < 1.29 is 14.3 Å². The molecule has 0 radical (unpaired) electrons. The van der Waals surface area contributed by atoms with Gasteiger partial charge in [-0.2, -0.15) is 0 Å². The molecule has 1 saturated carbocycles. The van der Waals surface area contributed by atoms with Crippen molar-refractivity contribution in [1.82, 2.24) is 4.90 Å². The molecule has 4 nitrogen and oxygen atoms in total. The normalized spacial score (nSPS) is 30.5. The molecular weight excluding hydrogens is 278 g/mol. The number of ketones is 1. The lowest BCUT2D eigenvalue weighted by molar-refractivity contribution is -0.118. The maximum atomic E-state index is 12.3.